The summed E-state index contributed by atoms with van der Waals surface area (Å²) in [6.07, 6.45) is 2.81. The van der Waals surface area contributed by atoms with Crippen LogP contribution < -0.4 is 44.3 Å². The maximum Gasteiger partial charge on any atom is 1.00 e. The first-order valence-corrected chi connectivity index (χ1v) is 10.5. The number of anilines is 1. The quantitative estimate of drug-likeness (QED) is 0.522. The van der Waals surface area contributed by atoms with Crippen molar-refractivity contribution in [2.24, 2.45) is 0 Å². The van der Waals surface area contributed by atoms with Crippen LogP contribution in [0.25, 0.3) is 10.7 Å². The molecule has 0 N–H and O–H groups in total. The molecule has 1 saturated heterocycles. The Balaban J connectivity index is 0.00000240. The van der Waals surface area contributed by atoms with Gasteiger partial charge in [0.2, 0.25) is 5.88 Å². The van der Waals surface area contributed by atoms with Crippen LogP contribution in [-0.4, -0.2) is 47.8 Å². The number of carbonyl (C=O) groups is 1. The van der Waals surface area contributed by atoms with Gasteiger partial charge in [0.1, 0.15) is 10.2 Å². The van der Waals surface area contributed by atoms with Gasteiger partial charge >= 0.3 is 29.6 Å². The Morgan fingerprint density at radius 2 is 2.14 bits per heavy atom. The minimum absolute atomic E-state index is 0. The molecule has 1 aliphatic carbocycles. The monoisotopic (exact) mass is 465 g/mol. The molecule has 3 heterocycles. The Morgan fingerprint density at radius 3 is 2.72 bits per heavy atom. The van der Waals surface area contributed by atoms with Crippen molar-refractivity contribution < 1.29 is 48.9 Å². The molecule has 0 radical (unpaired) electrons. The van der Waals surface area contributed by atoms with Crippen molar-refractivity contribution in [1.29, 1.82) is 0 Å². The molecular weight excluding hydrogens is 448 g/mol. The van der Waals surface area contributed by atoms with Crippen LogP contribution >= 0.6 is 34.5 Å². The Bertz CT molecular complexity index is 890. The third-order valence-electron chi connectivity index (χ3n) is 4.96. The number of aromatic nitrogens is 2. The largest absolute Gasteiger partial charge is 1.00 e. The molecule has 11 heteroatoms. The Morgan fingerprint density at radius 1 is 1.38 bits per heavy atom. The first kappa shape index (κ1) is 23.1. The minimum Gasteiger partial charge on any atom is -0.546 e. The molecule has 0 amide bonds. The van der Waals surface area contributed by atoms with Crippen LogP contribution in [-0.2, 0) is 9.53 Å². The van der Waals surface area contributed by atoms with E-state index in [-0.39, 0.29) is 41.5 Å². The number of carboxylic acid groups (broad SMARTS) is 1. The van der Waals surface area contributed by atoms with Crippen molar-refractivity contribution >= 4 is 46.3 Å². The first-order chi connectivity index (χ1) is 13.4. The Hall–Kier alpha value is -0.610. The fraction of sp³-hybridized carbons (Fsp3) is 0.500. The van der Waals surface area contributed by atoms with Gasteiger partial charge in [-0.25, -0.2) is 4.98 Å². The van der Waals surface area contributed by atoms with Crippen molar-refractivity contribution in [2.75, 3.05) is 25.2 Å². The molecule has 0 spiro atoms. The van der Waals surface area contributed by atoms with Crippen molar-refractivity contribution in [1.82, 2.24) is 9.97 Å². The zero-order valence-corrected chi connectivity index (χ0v) is 20.4. The number of halogens is 2. The Kier molecular flexibility index (Phi) is 7.36. The second-order valence-electron chi connectivity index (χ2n) is 6.95. The SMILES string of the molecule is COC[C@@H]1CCCN1c1cc(OC2(C(=O)[O-])CC2)nc(-c2cc(Cl)c(Cl)s2)n1.[Na+]. The number of carboxylic acids is 1. The summed E-state index contributed by atoms with van der Waals surface area (Å²) in [6.45, 7) is 1.40. The summed E-state index contributed by atoms with van der Waals surface area (Å²) in [6, 6.07) is 3.56. The molecule has 2 fully saturated rings. The number of thiophene rings is 1. The summed E-state index contributed by atoms with van der Waals surface area (Å²) in [5.74, 6) is 0.0260. The normalized spacial score (nSPS) is 19.7. The molecule has 0 unspecified atom stereocenters. The Labute approximate surface area is 204 Å². The van der Waals surface area contributed by atoms with E-state index in [2.05, 4.69) is 14.9 Å². The number of nitrogens with zero attached hydrogens (tertiary/aromatic N) is 3. The average Bonchev–Trinajstić information content (AvgIpc) is 3.16. The van der Waals surface area contributed by atoms with Gasteiger partial charge in [-0.05, 0) is 31.7 Å². The van der Waals surface area contributed by atoms with E-state index in [1.165, 1.54) is 11.3 Å². The van der Waals surface area contributed by atoms with Gasteiger partial charge in [-0.3, -0.25) is 0 Å². The standard InChI is InChI=1S/C18H19Cl2N3O4S.Na/c1-26-9-10-3-2-6-23(10)13-8-14(27-18(4-5-18)17(24)25)22-16(21-13)12-7-11(19)15(20)28-12;/h7-8,10H,2-6,9H2,1H3,(H,24,25);/q;+1/p-1/t10-;/m0./s1. The summed E-state index contributed by atoms with van der Waals surface area (Å²) < 4.78 is 11.5. The van der Waals surface area contributed by atoms with Gasteiger partial charge in [-0.15, -0.1) is 11.3 Å². The van der Waals surface area contributed by atoms with Crippen molar-refractivity contribution in [3.8, 4) is 16.6 Å². The molecule has 2 aromatic heterocycles. The van der Waals surface area contributed by atoms with Crippen LogP contribution in [0.4, 0.5) is 5.82 Å². The molecule has 1 atom stereocenters. The van der Waals surface area contributed by atoms with E-state index < -0.39 is 11.6 Å². The van der Waals surface area contributed by atoms with Crippen molar-refractivity contribution in [2.45, 2.75) is 37.3 Å². The fourth-order valence-electron chi connectivity index (χ4n) is 3.34. The van der Waals surface area contributed by atoms with E-state index in [1.807, 2.05) is 0 Å². The molecule has 0 aromatic carbocycles. The van der Waals surface area contributed by atoms with Gasteiger partial charge < -0.3 is 24.3 Å². The molecule has 0 bridgehead atoms. The summed E-state index contributed by atoms with van der Waals surface area (Å²) >= 11 is 13.4. The zero-order chi connectivity index (χ0) is 19.9. The van der Waals surface area contributed by atoms with E-state index in [4.69, 9.17) is 32.7 Å². The topological polar surface area (TPSA) is 87.6 Å². The molecule has 7 nitrogen and oxygen atoms in total. The minimum atomic E-state index is -1.30. The van der Waals surface area contributed by atoms with Gasteiger partial charge in [0.25, 0.3) is 0 Å². The summed E-state index contributed by atoms with van der Waals surface area (Å²) in [5, 5.41) is 11.9. The van der Waals surface area contributed by atoms with Gasteiger partial charge in [0.15, 0.2) is 11.4 Å². The predicted molar refractivity (Wildman–Crippen MR) is 105 cm³/mol. The fourth-order valence-corrected chi connectivity index (χ4v) is 4.65. The number of methoxy groups -OCH3 is 1. The zero-order valence-electron chi connectivity index (χ0n) is 16.1. The number of ether oxygens (including phenoxy) is 2. The van der Waals surface area contributed by atoms with Gasteiger partial charge in [0.05, 0.1) is 28.5 Å². The molecular formula is C18H18Cl2N3NaO4S. The van der Waals surface area contributed by atoms with Gasteiger partial charge in [-0.2, -0.15) is 4.98 Å². The van der Waals surface area contributed by atoms with Crippen LogP contribution in [0.15, 0.2) is 12.1 Å². The van der Waals surface area contributed by atoms with Gasteiger partial charge in [0, 0.05) is 19.7 Å². The molecule has 1 saturated carbocycles. The number of hydrogen-bond acceptors (Lipinski definition) is 8. The summed E-state index contributed by atoms with van der Waals surface area (Å²) in [4.78, 5) is 23.3. The van der Waals surface area contributed by atoms with Crippen LogP contribution in [0, 0.1) is 0 Å². The number of rotatable bonds is 7. The van der Waals surface area contributed by atoms with Crippen LogP contribution in [0.5, 0.6) is 5.88 Å². The van der Waals surface area contributed by atoms with Crippen LogP contribution in [0.2, 0.25) is 9.36 Å². The van der Waals surface area contributed by atoms with Crippen LogP contribution in [0.3, 0.4) is 0 Å². The number of hydrogen-bond donors (Lipinski definition) is 0. The second-order valence-corrected chi connectivity index (χ2v) is 9.01. The van der Waals surface area contributed by atoms with E-state index >= 15 is 0 Å². The maximum atomic E-state index is 11.4. The third kappa shape index (κ3) is 4.84. The molecule has 2 aliphatic rings. The number of carbonyl (C=O) groups excluding carboxylic acids is 1. The van der Waals surface area contributed by atoms with E-state index in [1.54, 1.807) is 19.2 Å². The van der Waals surface area contributed by atoms with E-state index in [0.717, 1.165) is 19.4 Å². The van der Waals surface area contributed by atoms with Crippen molar-refractivity contribution in [3.63, 3.8) is 0 Å². The van der Waals surface area contributed by atoms with E-state index in [0.29, 0.717) is 45.3 Å². The molecule has 1 aliphatic heterocycles. The first-order valence-electron chi connectivity index (χ1n) is 8.92. The van der Waals surface area contributed by atoms with Gasteiger partial charge in [-0.1, -0.05) is 23.2 Å². The maximum absolute atomic E-state index is 11.4. The predicted octanol–water partition coefficient (Wildman–Crippen LogP) is -0.208. The molecule has 4 rings (SSSR count). The van der Waals surface area contributed by atoms with Crippen molar-refractivity contribution in [3.05, 3.63) is 21.5 Å². The van der Waals surface area contributed by atoms with E-state index in [9.17, 15) is 9.90 Å². The molecule has 2 aromatic rings. The third-order valence-corrected chi connectivity index (χ3v) is 6.82. The smallest absolute Gasteiger partial charge is 0.546 e. The molecule has 150 valence electrons. The number of aliphatic carboxylic acids is 1. The second kappa shape index (κ2) is 9.26. The van der Waals surface area contributed by atoms with Crippen LogP contribution in [0.1, 0.15) is 25.7 Å². The average molecular weight is 466 g/mol. The summed E-state index contributed by atoms with van der Waals surface area (Å²) in [5.41, 5.74) is -1.30. The molecule has 29 heavy (non-hydrogen) atoms. The summed E-state index contributed by atoms with van der Waals surface area (Å²) in [7, 11) is 1.67.